The summed E-state index contributed by atoms with van der Waals surface area (Å²) in [5.41, 5.74) is -0.743. The molecule has 1 atom stereocenters. The number of nitrogens with one attached hydrogen (secondary N) is 3. The van der Waals surface area contributed by atoms with Gasteiger partial charge in [0.1, 0.15) is 0 Å². The predicted octanol–water partition coefficient (Wildman–Crippen LogP) is 1.94. The van der Waals surface area contributed by atoms with E-state index >= 15 is 0 Å². The summed E-state index contributed by atoms with van der Waals surface area (Å²) in [6, 6.07) is 3.86. The highest BCUT2D eigenvalue weighted by molar-refractivity contribution is 5.96. The van der Waals surface area contributed by atoms with Crippen LogP contribution in [0.1, 0.15) is 35.2 Å². The Bertz CT molecular complexity index is 582. The molecule has 3 N–H and O–H groups in total. The summed E-state index contributed by atoms with van der Waals surface area (Å²) in [7, 11) is 0. The summed E-state index contributed by atoms with van der Waals surface area (Å²) in [6.07, 6.45) is -1.27. The summed E-state index contributed by atoms with van der Waals surface area (Å²) < 4.78 is 37.4. The lowest BCUT2D eigenvalue weighted by molar-refractivity contribution is -0.137. The van der Waals surface area contributed by atoms with Crippen molar-refractivity contribution in [1.82, 2.24) is 16.0 Å². The van der Waals surface area contributed by atoms with E-state index in [1.165, 1.54) is 0 Å². The fourth-order valence-electron chi connectivity index (χ4n) is 2.72. The van der Waals surface area contributed by atoms with Gasteiger partial charge in [0.2, 0.25) is 5.91 Å². The predicted molar refractivity (Wildman–Crippen MR) is 87.0 cm³/mol. The number of rotatable bonds is 6. The summed E-state index contributed by atoms with van der Waals surface area (Å²) >= 11 is 0. The Labute approximate surface area is 144 Å². The van der Waals surface area contributed by atoms with Crippen LogP contribution in [0.2, 0.25) is 0 Å². The Morgan fingerprint density at radius 2 is 1.88 bits per heavy atom. The van der Waals surface area contributed by atoms with Crippen LogP contribution >= 0.6 is 0 Å². The highest BCUT2D eigenvalue weighted by Crippen LogP contribution is 2.29. The van der Waals surface area contributed by atoms with Crippen molar-refractivity contribution in [3.63, 3.8) is 0 Å². The Morgan fingerprint density at radius 3 is 2.48 bits per heavy atom. The van der Waals surface area contributed by atoms with Crippen molar-refractivity contribution in [2.75, 3.05) is 26.2 Å². The largest absolute Gasteiger partial charge is 0.416 e. The van der Waals surface area contributed by atoms with Crippen molar-refractivity contribution < 1.29 is 22.8 Å². The molecule has 1 heterocycles. The van der Waals surface area contributed by atoms with Crippen LogP contribution in [0.25, 0.3) is 0 Å². The molecule has 1 aliphatic heterocycles. The van der Waals surface area contributed by atoms with E-state index in [1.54, 1.807) is 0 Å². The quantitative estimate of drug-likeness (QED) is 0.729. The van der Waals surface area contributed by atoms with Gasteiger partial charge in [-0.2, -0.15) is 13.2 Å². The van der Waals surface area contributed by atoms with Crippen LogP contribution in [-0.4, -0.2) is 38.0 Å². The van der Waals surface area contributed by atoms with Gasteiger partial charge in [-0.25, -0.2) is 0 Å². The molecule has 1 saturated heterocycles. The molecule has 0 saturated carbocycles. The fraction of sp³-hybridized carbons (Fsp3) is 0.529. The van der Waals surface area contributed by atoms with Crippen LogP contribution in [0, 0.1) is 5.92 Å². The SMILES string of the molecule is O=C(CNC(=O)c1ccc(C(F)(F)F)cc1)NCCC1CCCNC1. The molecule has 0 radical (unpaired) electrons. The van der Waals surface area contributed by atoms with E-state index in [0.29, 0.717) is 12.5 Å². The van der Waals surface area contributed by atoms with Crippen LogP contribution in [0.4, 0.5) is 13.2 Å². The van der Waals surface area contributed by atoms with Crippen LogP contribution in [-0.2, 0) is 11.0 Å². The molecule has 1 aromatic carbocycles. The molecule has 8 heteroatoms. The van der Waals surface area contributed by atoms with Gasteiger partial charge >= 0.3 is 6.18 Å². The Hall–Kier alpha value is -2.09. The second-order valence-electron chi connectivity index (χ2n) is 6.11. The average molecular weight is 357 g/mol. The van der Waals surface area contributed by atoms with Crippen molar-refractivity contribution in [3.05, 3.63) is 35.4 Å². The van der Waals surface area contributed by atoms with E-state index in [4.69, 9.17) is 0 Å². The first-order chi connectivity index (χ1) is 11.9. The topological polar surface area (TPSA) is 70.2 Å². The van der Waals surface area contributed by atoms with Gasteiger partial charge in [-0.15, -0.1) is 0 Å². The van der Waals surface area contributed by atoms with Crippen LogP contribution < -0.4 is 16.0 Å². The van der Waals surface area contributed by atoms with Crippen LogP contribution in [0.15, 0.2) is 24.3 Å². The fourth-order valence-corrected chi connectivity index (χ4v) is 2.72. The number of hydrogen-bond donors (Lipinski definition) is 3. The summed E-state index contributed by atoms with van der Waals surface area (Å²) in [6.45, 7) is 2.34. The minimum Gasteiger partial charge on any atom is -0.355 e. The van der Waals surface area contributed by atoms with Gasteiger partial charge in [0.05, 0.1) is 12.1 Å². The minimum atomic E-state index is -4.44. The summed E-state index contributed by atoms with van der Waals surface area (Å²) in [4.78, 5) is 23.6. The molecule has 2 rings (SSSR count). The Morgan fingerprint density at radius 1 is 1.16 bits per heavy atom. The van der Waals surface area contributed by atoms with Gasteiger partial charge in [0, 0.05) is 12.1 Å². The maximum absolute atomic E-state index is 12.5. The molecule has 5 nitrogen and oxygen atoms in total. The molecule has 2 amide bonds. The van der Waals surface area contributed by atoms with Crippen LogP contribution in [0.3, 0.4) is 0 Å². The number of hydrogen-bond acceptors (Lipinski definition) is 3. The molecule has 0 bridgehead atoms. The first-order valence-corrected chi connectivity index (χ1v) is 8.29. The highest BCUT2D eigenvalue weighted by atomic mass is 19.4. The van der Waals surface area contributed by atoms with Gasteiger partial charge in [0.25, 0.3) is 5.91 Å². The van der Waals surface area contributed by atoms with E-state index < -0.39 is 17.6 Å². The first kappa shape index (κ1) is 19.2. The van der Waals surface area contributed by atoms with Gasteiger partial charge in [-0.05, 0) is 62.5 Å². The lowest BCUT2D eigenvalue weighted by atomic mass is 9.96. The molecular weight excluding hydrogens is 335 g/mol. The van der Waals surface area contributed by atoms with Crippen LogP contribution in [0.5, 0.6) is 0 Å². The third kappa shape index (κ3) is 6.38. The molecule has 138 valence electrons. The number of alkyl halides is 3. The molecule has 1 fully saturated rings. The standard InChI is InChI=1S/C17H22F3N3O2/c18-17(19,20)14-5-3-13(4-6-14)16(25)23-11-15(24)22-9-7-12-2-1-8-21-10-12/h3-6,12,21H,1-2,7-11H2,(H,22,24)(H,23,25). The second-order valence-corrected chi connectivity index (χ2v) is 6.11. The monoisotopic (exact) mass is 357 g/mol. The van der Waals surface area contributed by atoms with E-state index in [2.05, 4.69) is 16.0 Å². The Balaban J connectivity index is 1.69. The van der Waals surface area contributed by atoms with Crippen molar-refractivity contribution in [1.29, 1.82) is 0 Å². The molecule has 1 aromatic rings. The molecular formula is C17H22F3N3O2. The smallest absolute Gasteiger partial charge is 0.355 e. The zero-order valence-corrected chi connectivity index (χ0v) is 13.8. The number of halogens is 3. The van der Waals surface area contributed by atoms with E-state index in [9.17, 15) is 22.8 Å². The van der Waals surface area contributed by atoms with Crippen molar-refractivity contribution >= 4 is 11.8 Å². The Kier molecular flexibility index (Phi) is 6.81. The number of carbonyl (C=O) groups is 2. The first-order valence-electron chi connectivity index (χ1n) is 8.29. The third-order valence-corrected chi connectivity index (χ3v) is 4.16. The van der Waals surface area contributed by atoms with E-state index in [1.807, 2.05) is 0 Å². The van der Waals surface area contributed by atoms with E-state index in [0.717, 1.165) is 56.6 Å². The summed E-state index contributed by atoms with van der Waals surface area (Å²) in [5, 5.41) is 8.44. The van der Waals surface area contributed by atoms with Gasteiger partial charge in [-0.3, -0.25) is 9.59 Å². The summed E-state index contributed by atoms with van der Waals surface area (Å²) in [5.74, 6) is -0.347. The lowest BCUT2D eigenvalue weighted by Gasteiger charge is -2.22. The van der Waals surface area contributed by atoms with Crippen molar-refractivity contribution in [3.8, 4) is 0 Å². The number of carbonyl (C=O) groups excluding carboxylic acids is 2. The molecule has 1 unspecified atom stereocenters. The van der Waals surface area contributed by atoms with Crippen molar-refractivity contribution in [2.45, 2.75) is 25.4 Å². The van der Waals surface area contributed by atoms with Crippen molar-refractivity contribution in [2.24, 2.45) is 5.92 Å². The third-order valence-electron chi connectivity index (χ3n) is 4.16. The zero-order chi connectivity index (χ0) is 18.3. The molecule has 25 heavy (non-hydrogen) atoms. The lowest BCUT2D eigenvalue weighted by Crippen LogP contribution is -2.38. The highest BCUT2D eigenvalue weighted by Gasteiger charge is 2.30. The molecule has 0 spiro atoms. The number of piperidine rings is 1. The molecule has 1 aliphatic rings. The zero-order valence-electron chi connectivity index (χ0n) is 13.8. The normalized spacial score (nSPS) is 17.8. The molecule has 0 aromatic heterocycles. The van der Waals surface area contributed by atoms with Gasteiger partial charge in [0.15, 0.2) is 0 Å². The maximum Gasteiger partial charge on any atom is 0.416 e. The van der Waals surface area contributed by atoms with E-state index in [-0.39, 0.29) is 18.0 Å². The number of amides is 2. The maximum atomic E-state index is 12.5. The number of benzene rings is 1. The van der Waals surface area contributed by atoms with Gasteiger partial charge in [-0.1, -0.05) is 0 Å². The van der Waals surface area contributed by atoms with Gasteiger partial charge < -0.3 is 16.0 Å². The minimum absolute atomic E-state index is 0.0779. The molecule has 0 aliphatic carbocycles. The second kappa shape index (κ2) is 8.84. The average Bonchev–Trinajstić information content (AvgIpc) is 2.60.